The lowest BCUT2D eigenvalue weighted by atomic mass is 10.1. The Kier molecular flexibility index (Phi) is 6.37. The Morgan fingerprint density at radius 1 is 1.06 bits per heavy atom. The van der Waals surface area contributed by atoms with Gasteiger partial charge in [0.2, 0.25) is 0 Å². The largest absolute Gasteiger partial charge is 0.467 e. The molecule has 4 rings (SSSR count). The van der Waals surface area contributed by atoms with Crippen LogP contribution in [0.4, 0.5) is 10.5 Å². The Hall–Kier alpha value is -3.85. The van der Waals surface area contributed by atoms with Crippen LogP contribution in [0.5, 0.6) is 0 Å². The van der Waals surface area contributed by atoms with Gasteiger partial charge in [-0.1, -0.05) is 36.0 Å². The van der Waals surface area contributed by atoms with Gasteiger partial charge in [0.15, 0.2) is 16.8 Å². The number of rotatable bonds is 8. The monoisotopic (exact) mass is 447 g/mol. The van der Waals surface area contributed by atoms with E-state index in [4.69, 9.17) is 10.2 Å². The van der Waals surface area contributed by atoms with E-state index in [0.29, 0.717) is 23.0 Å². The molecule has 162 valence electrons. The van der Waals surface area contributed by atoms with E-state index in [1.165, 1.54) is 11.8 Å². The maximum absolute atomic E-state index is 12.7. The second-order valence-corrected chi connectivity index (χ2v) is 8.01. The standard InChI is InChI=1S/C23H21N5O3S/c1-15-5-2-3-7-19(15)21-26-27-23(28(21)13-18-6-4-12-31-18)32-14-20(29)16-8-10-17(11-9-16)25-22(24)30/h2-12H,13-14H2,1H3,(H3,24,25,30). The van der Waals surface area contributed by atoms with E-state index < -0.39 is 6.03 Å². The Morgan fingerprint density at radius 3 is 2.53 bits per heavy atom. The first-order chi connectivity index (χ1) is 15.5. The van der Waals surface area contributed by atoms with Crippen LogP contribution in [0.1, 0.15) is 21.7 Å². The normalized spacial score (nSPS) is 10.8. The molecule has 8 nitrogen and oxygen atoms in total. The van der Waals surface area contributed by atoms with Crippen molar-refractivity contribution in [1.29, 1.82) is 0 Å². The molecule has 4 aromatic rings. The number of carbonyl (C=O) groups is 2. The van der Waals surface area contributed by atoms with Crippen LogP contribution in [0.2, 0.25) is 0 Å². The van der Waals surface area contributed by atoms with Crippen LogP contribution in [0.3, 0.4) is 0 Å². The number of benzene rings is 2. The minimum Gasteiger partial charge on any atom is -0.467 e. The minimum atomic E-state index is -0.653. The van der Waals surface area contributed by atoms with E-state index in [0.717, 1.165) is 22.7 Å². The third-order valence-electron chi connectivity index (χ3n) is 4.80. The molecule has 0 saturated carbocycles. The van der Waals surface area contributed by atoms with Crippen molar-refractivity contribution in [3.63, 3.8) is 0 Å². The zero-order valence-electron chi connectivity index (χ0n) is 17.3. The lowest BCUT2D eigenvalue weighted by Gasteiger charge is -2.10. The third kappa shape index (κ3) is 4.89. The highest BCUT2D eigenvalue weighted by molar-refractivity contribution is 7.99. The third-order valence-corrected chi connectivity index (χ3v) is 5.77. The van der Waals surface area contributed by atoms with E-state index in [-0.39, 0.29) is 11.5 Å². The van der Waals surface area contributed by atoms with Crippen molar-refractivity contribution in [2.75, 3.05) is 11.1 Å². The number of ketones is 1. The highest BCUT2D eigenvalue weighted by Crippen LogP contribution is 2.28. The van der Waals surface area contributed by atoms with E-state index in [2.05, 4.69) is 15.5 Å². The van der Waals surface area contributed by atoms with Gasteiger partial charge in [-0.25, -0.2) is 4.79 Å². The van der Waals surface area contributed by atoms with Gasteiger partial charge in [0.25, 0.3) is 0 Å². The highest BCUT2D eigenvalue weighted by Gasteiger charge is 2.18. The van der Waals surface area contributed by atoms with Crippen molar-refractivity contribution in [3.05, 3.63) is 83.8 Å². The lowest BCUT2D eigenvalue weighted by Crippen LogP contribution is -2.19. The fourth-order valence-corrected chi connectivity index (χ4v) is 4.05. The molecule has 0 aliphatic rings. The Labute approximate surface area is 188 Å². The number of urea groups is 1. The number of hydrogen-bond donors (Lipinski definition) is 2. The number of aromatic nitrogens is 3. The Balaban J connectivity index is 1.55. The lowest BCUT2D eigenvalue weighted by molar-refractivity contribution is 0.102. The van der Waals surface area contributed by atoms with Crippen LogP contribution in [0.15, 0.2) is 76.5 Å². The van der Waals surface area contributed by atoms with Gasteiger partial charge in [0.05, 0.1) is 18.6 Å². The number of nitrogens with two attached hydrogens (primary N) is 1. The first-order valence-corrected chi connectivity index (χ1v) is 10.8. The van der Waals surface area contributed by atoms with Crippen molar-refractivity contribution >= 4 is 29.3 Å². The van der Waals surface area contributed by atoms with E-state index in [9.17, 15) is 9.59 Å². The number of anilines is 1. The summed E-state index contributed by atoms with van der Waals surface area (Å²) in [5.41, 5.74) is 8.23. The summed E-state index contributed by atoms with van der Waals surface area (Å²) in [4.78, 5) is 23.6. The maximum atomic E-state index is 12.7. The van der Waals surface area contributed by atoms with Gasteiger partial charge in [-0.05, 0) is 48.9 Å². The molecule has 3 N–H and O–H groups in total. The molecule has 0 aliphatic heterocycles. The van der Waals surface area contributed by atoms with Gasteiger partial charge in [-0.3, -0.25) is 9.36 Å². The average molecular weight is 448 g/mol. The number of aryl methyl sites for hydroxylation is 1. The van der Waals surface area contributed by atoms with Crippen molar-refractivity contribution < 1.29 is 14.0 Å². The molecule has 0 radical (unpaired) electrons. The van der Waals surface area contributed by atoms with E-state index >= 15 is 0 Å². The molecule has 2 heterocycles. The first-order valence-electron chi connectivity index (χ1n) is 9.85. The molecule has 0 atom stereocenters. The first kappa shape index (κ1) is 21.4. The molecule has 0 fully saturated rings. The summed E-state index contributed by atoms with van der Waals surface area (Å²) in [5, 5.41) is 11.8. The van der Waals surface area contributed by atoms with Crippen molar-refractivity contribution in [2.45, 2.75) is 18.6 Å². The molecule has 0 unspecified atom stereocenters. The summed E-state index contributed by atoms with van der Waals surface area (Å²) in [6, 6.07) is 17.6. The van der Waals surface area contributed by atoms with E-state index in [1.54, 1.807) is 30.5 Å². The Morgan fingerprint density at radius 2 is 1.84 bits per heavy atom. The van der Waals surface area contributed by atoms with Crippen molar-refractivity contribution in [2.24, 2.45) is 5.73 Å². The number of thioether (sulfide) groups is 1. The van der Waals surface area contributed by atoms with E-state index in [1.807, 2.05) is 47.9 Å². The second-order valence-electron chi connectivity index (χ2n) is 7.07. The fourth-order valence-electron chi connectivity index (χ4n) is 3.21. The van der Waals surface area contributed by atoms with Crippen LogP contribution in [0.25, 0.3) is 11.4 Å². The molecule has 9 heteroatoms. The number of furan rings is 1. The zero-order chi connectivity index (χ0) is 22.5. The van der Waals surface area contributed by atoms with Crippen molar-refractivity contribution in [1.82, 2.24) is 14.8 Å². The summed E-state index contributed by atoms with van der Waals surface area (Å²) >= 11 is 1.32. The summed E-state index contributed by atoms with van der Waals surface area (Å²) in [7, 11) is 0. The molecule has 0 bridgehead atoms. The summed E-state index contributed by atoms with van der Waals surface area (Å²) in [5.74, 6) is 1.61. The quantitative estimate of drug-likeness (QED) is 0.306. The number of primary amides is 1. The maximum Gasteiger partial charge on any atom is 0.316 e. The van der Waals surface area contributed by atoms with Gasteiger partial charge >= 0.3 is 6.03 Å². The molecule has 32 heavy (non-hydrogen) atoms. The second kappa shape index (κ2) is 9.52. The fraction of sp³-hybridized carbons (Fsp3) is 0.130. The topological polar surface area (TPSA) is 116 Å². The number of hydrogen-bond acceptors (Lipinski definition) is 6. The molecular formula is C23H21N5O3S. The van der Waals surface area contributed by atoms with Gasteiger partial charge in [-0.15, -0.1) is 10.2 Å². The number of Topliss-reactive ketones (excluding diaryl/α,β-unsaturated/α-hetero) is 1. The SMILES string of the molecule is Cc1ccccc1-c1nnc(SCC(=O)c2ccc(NC(N)=O)cc2)n1Cc1ccco1. The van der Waals surface area contributed by atoms with Crippen LogP contribution in [-0.4, -0.2) is 32.3 Å². The predicted molar refractivity (Wildman–Crippen MR) is 123 cm³/mol. The van der Waals surface area contributed by atoms with Gasteiger partial charge < -0.3 is 15.5 Å². The number of carbonyl (C=O) groups excluding carboxylic acids is 2. The smallest absolute Gasteiger partial charge is 0.316 e. The molecule has 2 aromatic heterocycles. The molecular weight excluding hydrogens is 426 g/mol. The summed E-state index contributed by atoms with van der Waals surface area (Å²) in [6.45, 7) is 2.47. The van der Waals surface area contributed by atoms with Gasteiger partial charge in [0, 0.05) is 16.8 Å². The van der Waals surface area contributed by atoms with Crippen LogP contribution in [-0.2, 0) is 6.54 Å². The molecule has 2 aromatic carbocycles. The highest BCUT2D eigenvalue weighted by atomic mass is 32.2. The zero-order valence-corrected chi connectivity index (χ0v) is 18.1. The average Bonchev–Trinajstić information content (AvgIpc) is 3.43. The number of amides is 2. The van der Waals surface area contributed by atoms with Crippen LogP contribution >= 0.6 is 11.8 Å². The van der Waals surface area contributed by atoms with Crippen LogP contribution in [0, 0.1) is 6.92 Å². The van der Waals surface area contributed by atoms with Crippen LogP contribution < -0.4 is 11.1 Å². The van der Waals surface area contributed by atoms with Gasteiger partial charge in [0.1, 0.15) is 5.76 Å². The minimum absolute atomic E-state index is 0.0642. The number of nitrogens with one attached hydrogen (secondary N) is 1. The van der Waals surface area contributed by atoms with Crippen molar-refractivity contribution in [3.8, 4) is 11.4 Å². The number of nitrogens with zero attached hydrogens (tertiary/aromatic N) is 3. The molecule has 0 spiro atoms. The molecule has 0 saturated heterocycles. The summed E-state index contributed by atoms with van der Waals surface area (Å²) < 4.78 is 7.48. The molecule has 2 amide bonds. The Bertz CT molecular complexity index is 1230. The van der Waals surface area contributed by atoms with Gasteiger partial charge in [-0.2, -0.15) is 0 Å². The molecule has 0 aliphatic carbocycles. The summed E-state index contributed by atoms with van der Waals surface area (Å²) in [6.07, 6.45) is 1.63. The predicted octanol–water partition coefficient (Wildman–Crippen LogP) is 4.36.